The van der Waals surface area contributed by atoms with Gasteiger partial charge in [0, 0.05) is 10.0 Å². The number of carbonyl (C=O) groups excluding carboxylic acids is 3. The summed E-state index contributed by atoms with van der Waals surface area (Å²) in [7, 11) is 1.57. The number of rotatable bonds is 4. The van der Waals surface area contributed by atoms with E-state index in [-0.39, 0.29) is 11.8 Å². The van der Waals surface area contributed by atoms with Gasteiger partial charge < -0.3 is 4.74 Å². The second kappa shape index (κ2) is 8.70. The average molecular weight is 520 g/mol. The first-order chi connectivity index (χ1) is 16.4. The van der Waals surface area contributed by atoms with Crippen molar-refractivity contribution >= 4 is 39.3 Å². The number of nitrogens with one attached hydrogen (secondary N) is 1. The van der Waals surface area contributed by atoms with Crippen molar-refractivity contribution in [3.05, 3.63) is 94.0 Å². The highest BCUT2D eigenvalue weighted by molar-refractivity contribution is 9.10. The largest absolute Gasteiger partial charge is 0.497 e. The summed E-state index contributed by atoms with van der Waals surface area (Å²) in [6, 6.07) is 19.9. The molecule has 3 amide bonds. The molecule has 2 heterocycles. The van der Waals surface area contributed by atoms with Crippen LogP contribution in [-0.2, 0) is 9.59 Å². The predicted molar refractivity (Wildman–Crippen MR) is 130 cm³/mol. The number of hydrazine groups is 1. The second-order valence-corrected chi connectivity index (χ2v) is 9.31. The standard InChI is InChI=1S/C26H22BrN3O4/c1-15-6-3-10-19(12-15)29-25(32)21-22(16-7-5-11-20(14-16)34-2)28-30(23(21)26(29)33)24(31)17-8-4-9-18(27)13-17/h3-14,21-23,28H,1-2H3. The molecule has 2 fully saturated rings. The minimum absolute atomic E-state index is 0.342. The molecular weight excluding hydrogens is 498 g/mol. The third-order valence-electron chi connectivity index (χ3n) is 6.24. The fourth-order valence-corrected chi connectivity index (χ4v) is 5.07. The predicted octanol–water partition coefficient (Wildman–Crippen LogP) is 4.03. The number of fused-ring (bicyclic) bond motifs is 1. The monoisotopic (exact) mass is 519 g/mol. The van der Waals surface area contributed by atoms with E-state index >= 15 is 0 Å². The number of benzene rings is 3. The van der Waals surface area contributed by atoms with Crippen LogP contribution < -0.4 is 15.1 Å². The van der Waals surface area contributed by atoms with Gasteiger partial charge in [-0.2, -0.15) is 0 Å². The molecule has 2 aliphatic rings. The topological polar surface area (TPSA) is 79.0 Å². The first kappa shape index (κ1) is 22.3. The zero-order valence-corrected chi connectivity index (χ0v) is 20.2. The van der Waals surface area contributed by atoms with Crippen LogP contribution in [0.5, 0.6) is 5.75 Å². The molecule has 3 unspecified atom stereocenters. The molecule has 0 aliphatic carbocycles. The molecule has 3 aromatic rings. The molecule has 5 rings (SSSR count). The smallest absolute Gasteiger partial charge is 0.268 e. The van der Waals surface area contributed by atoms with Gasteiger partial charge in [-0.05, 0) is 60.5 Å². The van der Waals surface area contributed by atoms with E-state index in [0.717, 1.165) is 15.6 Å². The Morgan fingerprint density at radius 3 is 2.47 bits per heavy atom. The van der Waals surface area contributed by atoms with E-state index in [1.807, 2.05) is 43.3 Å². The molecular formula is C26H22BrN3O4. The maximum absolute atomic E-state index is 13.7. The van der Waals surface area contributed by atoms with Crippen molar-refractivity contribution in [1.82, 2.24) is 10.4 Å². The summed E-state index contributed by atoms with van der Waals surface area (Å²) in [6.07, 6.45) is 0. The van der Waals surface area contributed by atoms with Crippen molar-refractivity contribution in [3.8, 4) is 5.75 Å². The van der Waals surface area contributed by atoms with Crippen LogP contribution in [0.1, 0.15) is 27.5 Å². The van der Waals surface area contributed by atoms with E-state index in [9.17, 15) is 14.4 Å². The van der Waals surface area contributed by atoms with Gasteiger partial charge in [0.1, 0.15) is 11.8 Å². The van der Waals surface area contributed by atoms with E-state index in [1.165, 1.54) is 9.91 Å². The number of imide groups is 1. The van der Waals surface area contributed by atoms with Gasteiger partial charge in [0.05, 0.1) is 24.8 Å². The zero-order valence-electron chi connectivity index (χ0n) is 18.6. The van der Waals surface area contributed by atoms with E-state index in [2.05, 4.69) is 21.4 Å². The highest BCUT2D eigenvalue weighted by Gasteiger charge is 2.60. The highest BCUT2D eigenvalue weighted by Crippen LogP contribution is 2.43. The van der Waals surface area contributed by atoms with Crippen LogP contribution in [0.3, 0.4) is 0 Å². The Kier molecular flexibility index (Phi) is 5.71. The Morgan fingerprint density at radius 2 is 1.74 bits per heavy atom. The number of anilines is 1. The summed E-state index contributed by atoms with van der Waals surface area (Å²) in [5, 5.41) is 1.31. The summed E-state index contributed by atoms with van der Waals surface area (Å²) in [4.78, 5) is 42.1. The van der Waals surface area contributed by atoms with Crippen LogP contribution in [0.2, 0.25) is 0 Å². The van der Waals surface area contributed by atoms with Crippen molar-refractivity contribution < 1.29 is 19.1 Å². The summed E-state index contributed by atoms with van der Waals surface area (Å²) < 4.78 is 6.10. The Balaban J connectivity index is 1.60. The summed E-state index contributed by atoms with van der Waals surface area (Å²) in [5.74, 6) is -1.31. The number of carbonyl (C=O) groups is 3. The van der Waals surface area contributed by atoms with Crippen LogP contribution in [-0.4, -0.2) is 35.9 Å². The SMILES string of the molecule is COc1cccc(C2NN(C(=O)c3cccc(Br)c3)C3C(=O)N(c4cccc(C)c4)C(=O)C23)c1. The van der Waals surface area contributed by atoms with Gasteiger partial charge >= 0.3 is 0 Å². The molecule has 0 radical (unpaired) electrons. The molecule has 1 N–H and O–H groups in total. The normalized spacial score (nSPS) is 21.7. The third kappa shape index (κ3) is 3.69. The van der Waals surface area contributed by atoms with Crippen LogP contribution in [0.25, 0.3) is 0 Å². The fourth-order valence-electron chi connectivity index (χ4n) is 4.67. The quantitative estimate of drug-likeness (QED) is 0.526. The van der Waals surface area contributed by atoms with Gasteiger partial charge in [-0.3, -0.25) is 19.4 Å². The number of hydrogen-bond acceptors (Lipinski definition) is 5. The van der Waals surface area contributed by atoms with Gasteiger partial charge in [0.2, 0.25) is 5.91 Å². The maximum atomic E-state index is 13.7. The lowest BCUT2D eigenvalue weighted by Gasteiger charge is -2.25. The molecule has 7 nitrogen and oxygen atoms in total. The second-order valence-electron chi connectivity index (χ2n) is 8.39. The molecule has 3 atom stereocenters. The summed E-state index contributed by atoms with van der Waals surface area (Å²) >= 11 is 3.39. The maximum Gasteiger partial charge on any atom is 0.268 e. The van der Waals surface area contributed by atoms with Crippen LogP contribution in [0.15, 0.2) is 77.3 Å². The Hall–Kier alpha value is -3.49. The lowest BCUT2D eigenvalue weighted by atomic mass is 9.90. The van der Waals surface area contributed by atoms with Gasteiger partial charge in [0.15, 0.2) is 0 Å². The van der Waals surface area contributed by atoms with E-state index in [1.54, 1.807) is 43.5 Å². The highest BCUT2D eigenvalue weighted by atomic mass is 79.9. The Bertz CT molecular complexity index is 1310. The first-order valence-corrected chi connectivity index (χ1v) is 11.6. The van der Waals surface area contributed by atoms with Crippen LogP contribution in [0.4, 0.5) is 5.69 Å². The molecule has 0 spiro atoms. The van der Waals surface area contributed by atoms with Crippen LogP contribution in [0, 0.1) is 12.8 Å². The van der Waals surface area contributed by atoms with E-state index in [0.29, 0.717) is 17.0 Å². The lowest BCUT2D eigenvalue weighted by Crippen LogP contribution is -2.48. The zero-order chi connectivity index (χ0) is 24.0. The third-order valence-corrected chi connectivity index (χ3v) is 6.73. The van der Waals surface area contributed by atoms with Gasteiger partial charge in [-0.1, -0.05) is 46.3 Å². The molecule has 0 saturated carbocycles. The number of amides is 3. The molecule has 34 heavy (non-hydrogen) atoms. The van der Waals surface area contributed by atoms with Crippen molar-refractivity contribution in [3.63, 3.8) is 0 Å². The van der Waals surface area contributed by atoms with Gasteiger partial charge in [-0.25, -0.2) is 10.3 Å². The van der Waals surface area contributed by atoms with E-state index in [4.69, 9.17) is 4.74 Å². The summed E-state index contributed by atoms with van der Waals surface area (Å²) in [6.45, 7) is 1.90. The average Bonchev–Trinajstić information content (AvgIpc) is 3.35. The van der Waals surface area contributed by atoms with Crippen molar-refractivity contribution in [2.75, 3.05) is 12.0 Å². The van der Waals surface area contributed by atoms with Crippen molar-refractivity contribution in [1.29, 1.82) is 0 Å². The Morgan fingerprint density at radius 1 is 0.971 bits per heavy atom. The summed E-state index contributed by atoms with van der Waals surface area (Å²) in [5.41, 5.74) is 5.76. The Labute approximate surface area is 205 Å². The van der Waals surface area contributed by atoms with Crippen LogP contribution >= 0.6 is 15.9 Å². The minimum atomic E-state index is -0.976. The molecule has 3 aromatic carbocycles. The number of nitrogens with zero attached hydrogens (tertiary/aromatic N) is 2. The van der Waals surface area contributed by atoms with Gasteiger partial charge in [0.25, 0.3) is 11.8 Å². The molecule has 2 saturated heterocycles. The first-order valence-electron chi connectivity index (χ1n) is 10.8. The van der Waals surface area contributed by atoms with E-state index < -0.39 is 23.9 Å². The molecule has 172 valence electrons. The number of halogens is 1. The fraction of sp³-hybridized carbons (Fsp3) is 0.192. The lowest BCUT2D eigenvalue weighted by molar-refractivity contribution is -0.123. The number of methoxy groups -OCH3 is 1. The minimum Gasteiger partial charge on any atom is -0.497 e. The van der Waals surface area contributed by atoms with Crippen molar-refractivity contribution in [2.24, 2.45) is 5.92 Å². The van der Waals surface area contributed by atoms with Crippen molar-refractivity contribution in [2.45, 2.75) is 19.0 Å². The molecule has 2 aliphatic heterocycles. The number of ether oxygens (including phenoxy) is 1. The number of hydrogen-bond donors (Lipinski definition) is 1. The molecule has 8 heteroatoms. The van der Waals surface area contributed by atoms with Gasteiger partial charge in [-0.15, -0.1) is 0 Å². The molecule has 0 aromatic heterocycles. The number of aryl methyl sites for hydroxylation is 1. The molecule has 0 bridgehead atoms.